The van der Waals surface area contributed by atoms with Gasteiger partial charge in [0.1, 0.15) is 11.5 Å². The van der Waals surface area contributed by atoms with Gasteiger partial charge in [-0.3, -0.25) is 4.79 Å². The molecule has 0 aliphatic heterocycles. The molecule has 0 amide bonds. The molecule has 2 aromatic rings. The highest BCUT2D eigenvalue weighted by molar-refractivity contribution is 5.95. The number of benzene rings is 1. The fraction of sp³-hybridized carbons (Fsp3) is 0.214. The molecule has 0 saturated carbocycles. The van der Waals surface area contributed by atoms with E-state index in [4.69, 9.17) is 9.15 Å². The molecular formula is C14H14O3. The molecule has 0 atom stereocenters. The van der Waals surface area contributed by atoms with Gasteiger partial charge < -0.3 is 9.15 Å². The lowest BCUT2D eigenvalue weighted by Gasteiger charge is -2.06. The fourth-order valence-electron chi connectivity index (χ4n) is 1.69. The highest BCUT2D eigenvalue weighted by atomic mass is 16.5. The standard InChI is InChI=1S/C14H14O3/c1-10-7-8-14(17-10)12(15)9-11-5-3-4-6-13(11)16-2/h3-8H,9H2,1-2H3. The van der Waals surface area contributed by atoms with E-state index in [1.54, 1.807) is 19.2 Å². The van der Waals surface area contributed by atoms with Crippen molar-refractivity contribution in [2.75, 3.05) is 7.11 Å². The molecule has 0 aliphatic rings. The molecule has 3 heteroatoms. The minimum absolute atomic E-state index is 0.0393. The van der Waals surface area contributed by atoms with E-state index in [0.717, 1.165) is 17.1 Å². The van der Waals surface area contributed by atoms with Gasteiger partial charge in [-0.2, -0.15) is 0 Å². The minimum atomic E-state index is -0.0393. The van der Waals surface area contributed by atoms with Gasteiger partial charge in [-0.05, 0) is 25.1 Å². The maximum absolute atomic E-state index is 11.9. The van der Waals surface area contributed by atoms with Gasteiger partial charge >= 0.3 is 0 Å². The first-order valence-electron chi connectivity index (χ1n) is 5.42. The summed E-state index contributed by atoms with van der Waals surface area (Å²) in [5.74, 6) is 1.83. The summed E-state index contributed by atoms with van der Waals surface area (Å²) in [6.45, 7) is 1.82. The van der Waals surface area contributed by atoms with Crippen molar-refractivity contribution in [1.82, 2.24) is 0 Å². The number of methoxy groups -OCH3 is 1. The van der Waals surface area contributed by atoms with Gasteiger partial charge in [0.15, 0.2) is 5.76 Å². The van der Waals surface area contributed by atoms with Gasteiger partial charge in [0, 0.05) is 12.0 Å². The molecule has 17 heavy (non-hydrogen) atoms. The third-order valence-electron chi connectivity index (χ3n) is 2.56. The minimum Gasteiger partial charge on any atom is -0.496 e. The van der Waals surface area contributed by atoms with Crippen molar-refractivity contribution in [2.45, 2.75) is 13.3 Å². The molecule has 0 radical (unpaired) electrons. The van der Waals surface area contributed by atoms with Gasteiger partial charge in [-0.1, -0.05) is 18.2 Å². The molecule has 0 fully saturated rings. The Hall–Kier alpha value is -2.03. The van der Waals surface area contributed by atoms with E-state index in [0.29, 0.717) is 5.76 Å². The number of para-hydroxylation sites is 1. The maximum Gasteiger partial charge on any atom is 0.202 e. The number of carbonyl (C=O) groups excluding carboxylic acids is 1. The second-order valence-corrected chi connectivity index (χ2v) is 3.82. The molecule has 0 aliphatic carbocycles. The molecule has 0 spiro atoms. The van der Waals surface area contributed by atoms with Gasteiger partial charge in [0.05, 0.1) is 7.11 Å². The van der Waals surface area contributed by atoms with Crippen LogP contribution in [0.15, 0.2) is 40.8 Å². The van der Waals surface area contributed by atoms with Crippen LogP contribution in [0.4, 0.5) is 0 Å². The highest BCUT2D eigenvalue weighted by Crippen LogP contribution is 2.20. The average Bonchev–Trinajstić information content (AvgIpc) is 2.77. The molecular weight excluding hydrogens is 216 g/mol. The summed E-state index contributed by atoms with van der Waals surface area (Å²) in [5.41, 5.74) is 0.869. The van der Waals surface area contributed by atoms with Crippen LogP contribution in [0.3, 0.4) is 0 Å². The van der Waals surface area contributed by atoms with Crippen molar-refractivity contribution < 1.29 is 13.9 Å². The van der Waals surface area contributed by atoms with Crippen LogP contribution < -0.4 is 4.74 Å². The van der Waals surface area contributed by atoms with Gasteiger partial charge in [0.2, 0.25) is 5.78 Å². The fourth-order valence-corrected chi connectivity index (χ4v) is 1.69. The lowest BCUT2D eigenvalue weighted by atomic mass is 10.1. The number of Topliss-reactive ketones (excluding diaryl/α,β-unsaturated/α-hetero) is 1. The zero-order valence-corrected chi connectivity index (χ0v) is 9.90. The number of rotatable bonds is 4. The van der Waals surface area contributed by atoms with E-state index in [-0.39, 0.29) is 12.2 Å². The summed E-state index contributed by atoms with van der Waals surface area (Å²) >= 11 is 0. The van der Waals surface area contributed by atoms with Crippen molar-refractivity contribution in [1.29, 1.82) is 0 Å². The first-order valence-corrected chi connectivity index (χ1v) is 5.42. The quantitative estimate of drug-likeness (QED) is 0.758. The molecule has 3 nitrogen and oxygen atoms in total. The number of aryl methyl sites for hydroxylation is 1. The molecule has 2 rings (SSSR count). The average molecular weight is 230 g/mol. The molecule has 0 saturated heterocycles. The summed E-state index contributed by atoms with van der Waals surface area (Å²) < 4.78 is 10.5. The molecule has 0 N–H and O–H groups in total. The predicted molar refractivity (Wildman–Crippen MR) is 64.5 cm³/mol. The van der Waals surface area contributed by atoms with E-state index in [1.165, 1.54) is 0 Å². The van der Waals surface area contributed by atoms with E-state index >= 15 is 0 Å². The molecule has 1 heterocycles. The Morgan fingerprint density at radius 2 is 2.00 bits per heavy atom. The van der Waals surface area contributed by atoms with Crippen molar-refractivity contribution in [3.8, 4) is 5.75 Å². The van der Waals surface area contributed by atoms with Gasteiger partial charge in [0.25, 0.3) is 0 Å². The van der Waals surface area contributed by atoms with Crippen molar-refractivity contribution >= 4 is 5.78 Å². The van der Waals surface area contributed by atoms with Crippen LogP contribution in [0.1, 0.15) is 21.9 Å². The summed E-state index contributed by atoms with van der Waals surface area (Å²) in [5, 5.41) is 0. The SMILES string of the molecule is COc1ccccc1CC(=O)c1ccc(C)o1. The largest absolute Gasteiger partial charge is 0.496 e. The lowest BCUT2D eigenvalue weighted by molar-refractivity contribution is 0.0964. The first kappa shape index (κ1) is 11.5. The molecule has 0 unspecified atom stereocenters. The number of ether oxygens (including phenoxy) is 1. The van der Waals surface area contributed by atoms with Crippen molar-refractivity contribution in [2.24, 2.45) is 0 Å². The zero-order chi connectivity index (χ0) is 12.3. The number of carbonyl (C=O) groups is 1. The monoisotopic (exact) mass is 230 g/mol. The molecule has 0 bridgehead atoms. The van der Waals surface area contributed by atoms with Crippen molar-refractivity contribution in [3.05, 3.63) is 53.5 Å². The lowest BCUT2D eigenvalue weighted by Crippen LogP contribution is -2.03. The summed E-state index contributed by atoms with van der Waals surface area (Å²) in [6, 6.07) is 11.0. The van der Waals surface area contributed by atoms with Gasteiger partial charge in [-0.25, -0.2) is 0 Å². The van der Waals surface area contributed by atoms with Crippen LogP contribution in [0.2, 0.25) is 0 Å². The summed E-state index contributed by atoms with van der Waals surface area (Å²) in [4.78, 5) is 11.9. The molecule has 1 aromatic carbocycles. The zero-order valence-electron chi connectivity index (χ0n) is 9.90. The van der Waals surface area contributed by atoms with Crippen LogP contribution in [-0.4, -0.2) is 12.9 Å². The normalized spacial score (nSPS) is 10.2. The molecule has 88 valence electrons. The Morgan fingerprint density at radius 1 is 1.24 bits per heavy atom. The Morgan fingerprint density at radius 3 is 2.65 bits per heavy atom. The number of furan rings is 1. The van der Waals surface area contributed by atoms with Crippen LogP contribution in [0.5, 0.6) is 5.75 Å². The van der Waals surface area contributed by atoms with E-state index in [1.807, 2.05) is 31.2 Å². The topological polar surface area (TPSA) is 39.4 Å². The third-order valence-corrected chi connectivity index (χ3v) is 2.56. The first-order chi connectivity index (χ1) is 8.20. The van der Waals surface area contributed by atoms with E-state index in [2.05, 4.69) is 0 Å². The second-order valence-electron chi connectivity index (χ2n) is 3.82. The van der Waals surface area contributed by atoms with Gasteiger partial charge in [-0.15, -0.1) is 0 Å². The van der Waals surface area contributed by atoms with Crippen LogP contribution in [0, 0.1) is 6.92 Å². The highest BCUT2D eigenvalue weighted by Gasteiger charge is 2.13. The predicted octanol–water partition coefficient (Wildman–Crippen LogP) is 3.02. The van der Waals surface area contributed by atoms with Crippen LogP contribution >= 0.6 is 0 Å². The Labute approximate surface area is 100 Å². The van der Waals surface area contributed by atoms with Crippen molar-refractivity contribution in [3.63, 3.8) is 0 Å². The number of hydrogen-bond acceptors (Lipinski definition) is 3. The smallest absolute Gasteiger partial charge is 0.202 e. The second kappa shape index (κ2) is 4.87. The maximum atomic E-state index is 11.9. The van der Waals surface area contributed by atoms with Crippen LogP contribution in [-0.2, 0) is 6.42 Å². The summed E-state index contributed by atoms with van der Waals surface area (Å²) in [7, 11) is 1.60. The van der Waals surface area contributed by atoms with E-state index < -0.39 is 0 Å². The Kier molecular flexibility index (Phi) is 3.28. The number of hydrogen-bond donors (Lipinski definition) is 0. The number of ketones is 1. The third kappa shape index (κ3) is 2.56. The molecule has 1 aromatic heterocycles. The summed E-state index contributed by atoms with van der Waals surface area (Å²) in [6.07, 6.45) is 0.289. The Bertz CT molecular complexity index is 526. The van der Waals surface area contributed by atoms with Crippen LogP contribution in [0.25, 0.3) is 0 Å². The van der Waals surface area contributed by atoms with E-state index in [9.17, 15) is 4.79 Å². The Balaban J connectivity index is 2.18.